The van der Waals surface area contributed by atoms with Gasteiger partial charge in [0.2, 0.25) is 5.91 Å². The summed E-state index contributed by atoms with van der Waals surface area (Å²) in [7, 11) is 0. The summed E-state index contributed by atoms with van der Waals surface area (Å²) in [5.41, 5.74) is 1.96. The lowest BCUT2D eigenvalue weighted by Gasteiger charge is -2.24. The molecule has 2 aromatic carbocycles. The number of ether oxygens (including phenoxy) is 1. The molecule has 0 radical (unpaired) electrons. The molecule has 0 bridgehead atoms. The molecule has 2 heterocycles. The number of hydrogen-bond acceptors (Lipinski definition) is 3. The fourth-order valence-corrected chi connectivity index (χ4v) is 4.10. The van der Waals surface area contributed by atoms with Crippen molar-refractivity contribution >= 4 is 17.5 Å². The molecule has 27 heavy (non-hydrogen) atoms. The van der Waals surface area contributed by atoms with Crippen molar-refractivity contribution in [3.05, 3.63) is 60.2 Å². The summed E-state index contributed by atoms with van der Waals surface area (Å²) in [6.07, 6.45) is 1.36. The fourth-order valence-electron chi connectivity index (χ4n) is 4.10. The molecule has 4 rings (SSSR count). The van der Waals surface area contributed by atoms with E-state index in [2.05, 4.69) is 0 Å². The predicted molar refractivity (Wildman–Crippen MR) is 104 cm³/mol. The summed E-state index contributed by atoms with van der Waals surface area (Å²) in [5.74, 6) is 0.828. The molecule has 2 aromatic rings. The Labute approximate surface area is 159 Å². The minimum Gasteiger partial charge on any atom is -0.484 e. The number of carbonyl (C=O) groups is 2. The van der Waals surface area contributed by atoms with Crippen molar-refractivity contribution in [3.63, 3.8) is 0 Å². The first-order valence-corrected chi connectivity index (χ1v) is 9.37. The van der Waals surface area contributed by atoms with Crippen molar-refractivity contribution in [2.24, 2.45) is 5.41 Å². The Hall–Kier alpha value is -2.82. The van der Waals surface area contributed by atoms with Crippen LogP contribution in [0.5, 0.6) is 5.75 Å². The summed E-state index contributed by atoms with van der Waals surface area (Å²) >= 11 is 0. The van der Waals surface area contributed by atoms with E-state index in [-0.39, 0.29) is 23.8 Å². The van der Waals surface area contributed by atoms with Crippen molar-refractivity contribution in [1.29, 1.82) is 0 Å². The Balaban J connectivity index is 1.38. The van der Waals surface area contributed by atoms with Gasteiger partial charge in [-0.25, -0.2) is 0 Å². The molecule has 1 spiro atoms. The van der Waals surface area contributed by atoms with Crippen LogP contribution in [-0.4, -0.2) is 43.0 Å². The van der Waals surface area contributed by atoms with E-state index in [1.54, 1.807) is 0 Å². The van der Waals surface area contributed by atoms with Gasteiger partial charge in [0.05, 0.1) is 0 Å². The third-order valence-electron chi connectivity index (χ3n) is 5.53. The van der Waals surface area contributed by atoms with Gasteiger partial charge in [-0.15, -0.1) is 0 Å². The highest BCUT2D eigenvalue weighted by atomic mass is 16.5. The predicted octanol–water partition coefficient (Wildman–Crippen LogP) is 3.03. The highest BCUT2D eigenvalue weighted by molar-refractivity contribution is 5.96. The molecule has 1 atom stereocenters. The summed E-state index contributed by atoms with van der Waals surface area (Å²) in [6.45, 7) is 4.06. The number of para-hydroxylation sites is 1. The van der Waals surface area contributed by atoms with Gasteiger partial charge < -0.3 is 14.5 Å². The minimum atomic E-state index is -0.136. The average Bonchev–Trinajstić information content (AvgIpc) is 3.23. The van der Waals surface area contributed by atoms with E-state index in [1.807, 2.05) is 71.3 Å². The lowest BCUT2D eigenvalue weighted by molar-refractivity contribution is -0.132. The third kappa shape index (κ3) is 3.68. The van der Waals surface area contributed by atoms with Gasteiger partial charge >= 0.3 is 0 Å². The summed E-state index contributed by atoms with van der Waals surface area (Å²) in [4.78, 5) is 28.9. The van der Waals surface area contributed by atoms with E-state index in [4.69, 9.17) is 4.74 Å². The first kappa shape index (κ1) is 17.6. The molecule has 5 heteroatoms. The van der Waals surface area contributed by atoms with Gasteiger partial charge in [-0.1, -0.05) is 30.3 Å². The number of aryl methyl sites for hydroxylation is 1. The maximum absolute atomic E-state index is 12.6. The highest BCUT2D eigenvalue weighted by Gasteiger charge is 2.48. The number of hydrogen-bond donors (Lipinski definition) is 0. The van der Waals surface area contributed by atoms with Crippen LogP contribution in [0.2, 0.25) is 0 Å². The molecule has 0 aromatic heterocycles. The topological polar surface area (TPSA) is 49.9 Å². The first-order valence-electron chi connectivity index (χ1n) is 9.37. The molecule has 140 valence electrons. The number of anilines is 1. The molecule has 0 saturated carbocycles. The number of amides is 2. The fraction of sp³-hybridized carbons (Fsp3) is 0.364. The highest BCUT2D eigenvalue weighted by Crippen LogP contribution is 2.41. The Bertz CT molecular complexity index is 852. The monoisotopic (exact) mass is 364 g/mol. The van der Waals surface area contributed by atoms with Gasteiger partial charge in [0.15, 0.2) is 6.61 Å². The molecular formula is C22H24N2O3. The van der Waals surface area contributed by atoms with Gasteiger partial charge in [0, 0.05) is 37.2 Å². The number of likely N-dealkylation sites (tertiary alicyclic amines) is 1. The maximum Gasteiger partial charge on any atom is 0.260 e. The zero-order valence-electron chi connectivity index (χ0n) is 15.6. The second kappa shape index (κ2) is 7.06. The van der Waals surface area contributed by atoms with E-state index >= 15 is 0 Å². The van der Waals surface area contributed by atoms with Gasteiger partial charge in [0.25, 0.3) is 5.91 Å². The lowest BCUT2D eigenvalue weighted by Crippen LogP contribution is -2.36. The van der Waals surface area contributed by atoms with Crippen LogP contribution < -0.4 is 9.64 Å². The van der Waals surface area contributed by atoms with Gasteiger partial charge in [-0.05, 0) is 43.2 Å². The summed E-state index contributed by atoms with van der Waals surface area (Å²) in [6, 6.07) is 17.4. The van der Waals surface area contributed by atoms with Crippen LogP contribution in [0.3, 0.4) is 0 Å². The molecule has 2 saturated heterocycles. The Morgan fingerprint density at radius 3 is 2.70 bits per heavy atom. The van der Waals surface area contributed by atoms with Gasteiger partial charge in [-0.2, -0.15) is 0 Å². The Kier molecular flexibility index (Phi) is 4.60. The van der Waals surface area contributed by atoms with Gasteiger partial charge in [-0.3, -0.25) is 9.59 Å². The number of carbonyl (C=O) groups excluding carboxylic acids is 2. The molecule has 2 fully saturated rings. The molecule has 2 amide bonds. The Morgan fingerprint density at radius 1 is 1.11 bits per heavy atom. The standard InChI is InChI=1S/C22H24N2O3/c1-17-6-5-7-18(12-17)24-16-22(13-20(24)25)10-11-23(15-22)21(26)14-27-19-8-3-2-4-9-19/h2-9,12H,10-11,13-16H2,1H3/t22-/m0/s1. The molecule has 2 aliphatic rings. The molecule has 5 nitrogen and oxygen atoms in total. The van der Waals surface area contributed by atoms with E-state index in [0.29, 0.717) is 31.8 Å². The summed E-state index contributed by atoms with van der Waals surface area (Å²) < 4.78 is 5.59. The van der Waals surface area contributed by atoms with Crippen molar-refractivity contribution in [3.8, 4) is 5.75 Å². The van der Waals surface area contributed by atoms with Crippen molar-refractivity contribution < 1.29 is 14.3 Å². The van der Waals surface area contributed by atoms with Crippen molar-refractivity contribution in [1.82, 2.24) is 4.90 Å². The number of rotatable bonds is 4. The van der Waals surface area contributed by atoms with E-state index in [1.165, 1.54) is 0 Å². The second-order valence-electron chi connectivity index (χ2n) is 7.66. The Morgan fingerprint density at radius 2 is 1.93 bits per heavy atom. The van der Waals surface area contributed by atoms with E-state index < -0.39 is 0 Å². The van der Waals surface area contributed by atoms with Gasteiger partial charge in [0.1, 0.15) is 5.75 Å². The largest absolute Gasteiger partial charge is 0.484 e. The van der Waals surface area contributed by atoms with Crippen LogP contribution in [-0.2, 0) is 9.59 Å². The molecule has 2 aliphatic heterocycles. The van der Waals surface area contributed by atoms with Crippen LogP contribution in [0.15, 0.2) is 54.6 Å². The average molecular weight is 364 g/mol. The van der Waals surface area contributed by atoms with Crippen LogP contribution >= 0.6 is 0 Å². The molecule has 0 N–H and O–H groups in total. The van der Waals surface area contributed by atoms with Crippen LogP contribution in [0, 0.1) is 12.3 Å². The molecule has 0 aliphatic carbocycles. The number of benzene rings is 2. The van der Waals surface area contributed by atoms with Crippen LogP contribution in [0.4, 0.5) is 5.69 Å². The third-order valence-corrected chi connectivity index (χ3v) is 5.53. The minimum absolute atomic E-state index is 0.0165. The second-order valence-corrected chi connectivity index (χ2v) is 7.66. The SMILES string of the molecule is Cc1cccc(N2C[C@@]3(CCN(C(=O)COc4ccccc4)C3)CC2=O)c1. The van der Waals surface area contributed by atoms with E-state index in [9.17, 15) is 9.59 Å². The van der Waals surface area contributed by atoms with Crippen molar-refractivity contribution in [2.75, 3.05) is 31.1 Å². The lowest BCUT2D eigenvalue weighted by atomic mass is 9.86. The van der Waals surface area contributed by atoms with Crippen LogP contribution in [0.1, 0.15) is 18.4 Å². The first-order chi connectivity index (χ1) is 13.0. The van der Waals surface area contributed by atoms with E-state index in [0.717, 1.165) is 17.7 Å². The zero-order chi connectivity index (χ0) is 18.9. The maximum atomic E-state index is 12.6. The number of nitrogens with zero attached hydrogens (tertiary/aromatic N) is 2. The van der Waals surface area contributed by atoms with Crippen LogP contribution in [0.25, 0.3) is 0 Å². The molecular weight excluding hydrogens is 340 g/mol. The zero-order valence-corrected chi connectivity index (χ0v) is 15.6. The smallest absolute Gasteiger partial charge is 0.260 e. The normalized spacial score (nSPS) is 21.9. The summed E-state index contributed by atoms with van der Waals surface area (Å²) in [5, 5.41) is 0. The molecule has 0 unspecified atom stereocenters. The van der Waals surface area contributed by atoms with Crippen molar-refractivity contribution in [2.45, 2.75) is 19.8 Å². The quantitative estimate of drug-likeness (QED) is 0.838.